The predicted molar refractivity (Wildman–Crippen MR) is 136 cm³/mol. The monoisotopic (exact) mass is 462 g/mol. The molecular formula is C31H33F3. The Balaban J connectivity index is 1.51. The van der Waals surface area contributed by atoms with Crippen LogP contribution < -0.4 is 0 Å². The summed E-state index contributed by atoms with van der Waals surface area (Å²) in [6.07, 6.45) is 14.1. The van der Waals surface area contributed by atoms with Crippen LogP contribution in [0.5, 0.6) is 0 Å². The molecule has 1 fully saturated rings. The maximum absolute atomic E-state index is 15.0. The van der Waals surface area contributed by atoms with Gasteiger partial charge in [0.05, 0.1) is 5.39 Å². The Hall–Kier alpha value is -2.81. The second-order valence-corrected chi connectivity index (χ2v) is 9.55. The summed E-state index contributed by atoms with van der Waals surface area (Å²) in [6.45, 7) is 5.81. The quantitative estimate of drug-likeness (QED) is 0.293. The number of fused-ring (bicyclic) bond motifs is 1. The third-order valence-electron chi connectivity index (χ3n) is 7.35. The Morgan fingerprint density at radius 2 is 1.62 bits per heavy atom. The van der Waals surface area contributed by atoms with Crippen LogP contribution in [0, 0.1) is 29.3 Å². The van der Waals surface area contributed by atoms with Gasteiger partial charge in [0, 0.05) is 5.56 Å². The Morgan fingerprint density at radius 1 is 0.882 bits per heavy atom. The fraction of sp³-hybridized carbons (Fsp3) is 0.355. The topological polar surface area (TPSA) is 0 Å². The number of hydrogen-bond donors (Lipinski definition) is 0. The van der Waals surface area contributed by atoms with Crippen LogP contribution in [0.25, 0.3) is 21.9 Å². The first-order valence-corrected chi connectivity index (χ1v) is 12.4. The lowest BCUT2D eigenvalue weighted by Crippen LogP contribution is -2.13. The number of benzene rings is 3. The molecule has 0 saturated heterocycles. The van der Waals surface area contributed by atoms with Gasteiger partial charge in [-0.2, -0.15) is 0 Å². The lowest BCUT2D eigenvalue weighted by molar-refractivity contribution is 0.296. The molecular weight excluding hydrogens is 429 g/mol. The van der Waals surface area contributed by atoms with Gasteiger partial charge in [-0.1, -0.05) is 54.6 Å². The summed E-state index contributed by atoms with van der Waals surface area (Å²) in [4.78, 5) is 0. The minimum absolute atomic E-state index is 0.167. The van der Waals surface area contributed by atoms with Crippen molar-refractivity contribution in [2.75, 3.05) is 0 Å². The van der Waals surface area contributed by atoms with Crippen molar-refractivity contribution in [1.29, 1.82) is 0 Å². The minimum atomic E-state index is -1.11. The van der Waals surface area contributed by atoms with E-state index in [9.17, 15) is 8.78 Å². The molecule has 0 N–H and O–H groups in total. The molecule has 3 aromatic rings. The summed E-state index contributed by atoms with van der Waals surface area (Å²) in [5.41, 5.74) is 2.37. The highest BCUT2D eigenvalue weighted by molar-refractivity contribution is 5.89. The fourth-order valence-corrected chi connectivity index (χ4v) is 5.17. The van der Waals surface area contributed by atoms with Gasteiger partial charge < -0.3 is 0 Å². The standard InChI is InChI=1S/C31H33F3/c1-3-5-6-7-25-18-19-26-20-27(30(33)31(34)28(26)29(25)32)24-16-14-23(15-17-24)13-12-22-10-8-21(4-2)9-11-22/h3-5,14-22H,2,6-13H2,1H3/b5-3+. The van der Waals surface area contributed by atoms with Gasteiger partial charge in [-0.15, -0.1) is 6.58 Å². The number of rotatable bonds is 8. The zero-order valence-corrected chi connectivity index (χ0v) is 19.9. The lowest BCUT2D eigenvalue weighted by Gasteiger charge is -2.26. The van der Waals surface area contributed by atoms with Gasteiger partial charge in [-0.05, 0) is 98.3 Å². The van der Waals surface area contributed by atoms with E-state index in [0.717, 1.165) is 18.8 Å². The van der Waals surface area contributed by atoms with Crippen molar-refractivity contribution in [3.63, 3.8) is 0 Å². The molecule has 3 aromatic carbocycles. The third kappa shape index (κ3) is 5.29. The fourth-order valence-electron chi connectivity index (χ4n) is 5.17. The summed E-state index contributed by atoms with van der Waals surface area (Å²) < 4.78 is 45.0. The van der Waals surface area contributed by atoms with Crippen molar-refractivity contribution in [2.45, 2.75) is 58.3 Å². The van der Waals surface area contributed by atoms with E-state index in [1.54, 1.807) is 18.2 Å². The molecule has 0 heterocycles. The maximum atomic E-state index is 15.0. The van der Waals surface area contributed by atoms with Crippen LogP contribution in [0.3, 0.4) is 0 Å². The van der Waals surface area contributed by atoms with Crippen molar-refractivity contribution in [3.05, 3.63) is 95.9 Å². The van der Waals surface area contributed by atoms with Crippen molar-refractivity contribution in [2.24, 2.45) is 11.8 Å². The number of allylic oxidation sites excluding steroid dienone is 3. The molecule has 0 atom stereocenters. The van der Waals surface area contributed by atoms with Crippen LogP contribution in [0.1, 0.15) is 56.6 Å². The average molecular weight is 463 g/mol. The summed E-state index contributed by atoms with van der Waals surface area (Å²) in [7, 11) is 0. The lowest BCUT2D eigenvalue weighted by atomic mass is 9.79. The first-order chi connectivity index (χ1) is 16.5. The van der Waals surface area contributed by atoms with Crippen molar-refractivity contribution >= 4 is 10.8 Å². The first kappa shape index (κ1) is 24.3. The molecule has 1 aliphatic rings. The highest BCUT2D eigenvalue weighted by atomic mass is 19.2. The van der Waals surface area contributed by atoms with E-state index in [-0.39, 0.29) is 10.9 Å². The van der Waals surface area contributed by atoms with Crippen LogP contribution in [0.2, 0.25) is 0 Å². The molecule has 0 amide bonds. The highest BCUT2D eigenvalue weighted by Gasteiger charge is 2.20. The van der Waals surface area contributed by atoms with Gasteiger partial charge >= 0.3 is 0 Å². The van der Waals surface area contributed by atoms with Gasteiger partial charge in [0.2, 0.25) is 0 Å². The Bertz CT molecular complexity index is 1170. The van der Waals surface area contributed by atoms with Gasteiger partial charge in [0.25, 0.3) is 0 Å². The molecule has 0 unspecified atom stereocenters. The first-order valence-electron chi connectivity index (χ1n) is 12.4. The van der Waals surface area contributed by atoms with E-state index in [1.807, 2.05) is 43.3 Å². The highest BCUT2D eigenvalue weighted by Crippen LogP contribution is 2.35. The minimum Gasteiger partial charge on any atom is -0.206 e. The zero-order valence-electron chi connectivity index (χ0n) is 19.9. The van der Waals surface area contributed by atoms with Gasteiger partial charge in [0.15, 0.2) is 11.6 Å². The normalized spacial score (nSPS) is 18.6. The molecule has 0 aromatic heterocycles. The second kappa shape index (κ2) is 11.1. The number of hydrogen-bond acceptors (Lipinski definition) is 0. The van der Waals surface area contributed by atoms with E-state index >= 15 is 4.39 Å². The van der Waals surface area contributed by atoms with E-state index in [0.29, 0.717) is 35.3 Å². The van der Waals surface area contributed by atoms with Gasteiger partial charge in [0.1, 0.15) is 5.82 Å². The molecule has 4 rings (SSSR count). The van der Waals surface area contributed by atoms with Crippen molar-refractivity contribution in [3.8, 4) is 11.1 Å². The summed E-state index contributed by atoms with van der Waals surface area (Å²) >= 11 is 0. The molecule has 0 nitrogen and oxygen atoms in total. The molecule has 0 spiro atoms. The number of halogens is 3. The smallest absolute Gasteiger partial charge is 0.170 e. The van der Waals surface area contributed by atoms with Crippen LogP contribution in [0.4, 0.5) is 13.2 Å². The Morgan fingerprint density at radius 3 is 2.29 bits per heavy atom. The van der Waals surface area contributed by atoms with E-state index < -0.39 is 17.5 Å². The molecule has 178 valence electrons. The van der Waals surface area contributed by atoms with E-state index in [1.165, 1.54) is 31.2 Å². The largest absolute Gasteiger partial charge is 0.206 e. The van der Waals surface area contributed by atoms with Crippen LogP contribution >= 0.6 is 0 Å². The van der Waals surface area contributed by atoms with Crippen LogP contribution in [0.15, 0.2) is 67.3 Å². The Labute approximate surface area is 201 Å². The molecule has 0 radical (unpaired) electrons. The molecule has 1 aliphatic carbocycles. The third-order valence-corrected chi connectivity index (χ3v) is 7.35. The van der Waals surface area contributed by atoms with Crippen LogP contribution in [-0.2, 0) is 12.8 Å². The zero-order chi connectivity index (χ0) is 24.1. The maximum Gasteiger partial charge on any atom is 0.170 e. The average Bonchev–Trinajstić information content (AvgIpc) is 2.87. The second-order valence-electron chi connectivity index (χ2n) is 9.55. The molecule has 0 bridgehead atoms. The number of aryl methyl sites for hydroxylation is 2. The van der Waals surface area contributed by atoms with Crippen molar-refractivity contribution in [1.82, 2.24) is 0 Å². The van der Waals surface area contributed by atoms with E-state index in [2.05, 4.69) is 12.7 Å². The Kier molecular flexibility index (Phi) is 7.92. The summed E-state index contributed by atoms with van der Waals surface area (Å²) in [6, 6.07) is 12.6. The summed E-state index contributed by atoms with van der Waals surface area (Å²) in [5, 5.41) is 0.113. The van der Waals surface area contributed by atoms with E-state index in [4.69, 9.17) is 0 Å². The molecule has 0 aliphatic heterocycles. The molecule has 3 heteroatoms. The molecule has 1 saturated carbocycles. The van der Waals surface area contributed by atoms with Gasteiger partial charge in [-0.3, -0.25) is 0 Å². The SMILES string of the molecule is C=CC1CCC(CCc2ccc(-c3cc4ccc(CC/C=C/C)c(F)c4c(F)c3F)cc2)CC1. The van der Waals surface area contributed by atoms with Gasteiger partial charge in [-0.25, -0.2) is 13.2 Å². The van der Waals surface area contributed by atoms with Crippen LogP contribution in [-0.4, -0.2) is 0 Å². The molecule has 34 heavy (non-hydrogen) atoms. The summed E-state index contributed by atoms with van der Waals surface area (Å²) in [5.74, 6) is -1.35. The van der Waals surface area contributed by atoms with Crippen molar-refractivity contribution < 1.29 is 13.2 Å². The predicted octanol–water partition coefficient (Wildman–Crippen LogP) is 9.36.